The van der Waals surface area contributed by atoms with Crippen molar-refractivity contribution in [2.75, 3.05) is 19.6 Å². The fourth-order valence-electron chi connectivity index (χ4n) is 1.99. The number of hydrogen-bond acceptors (Lipinski definition) is 2. The maximum absolute atomic E-state index is 13.0. The van der Waals surface area contributed by atoms with Gasteiger partial charge in [-0.1, -0.05) is 0 Å². The van der Waals surface area contributed by atoms with Crippen LogP contribution in [0.3, 0.4) is 0 Å². The van der Waals surface area contributed by atoms with Gasteiger partial charge in [0.05, 0.1) is 0 Å². The van der Waals surface area contributed by atoms with Gasteiger partial charge in [-0.25, -0.2) is 0 Å². The van der Waals surface area contributed by atoms with E-state index in [9.17, 15) is 26.7 Å². The molecule has 1 heterocycles. The molecule has 0 aromatic heterocycles. The Bertz CT molecular complexity index is 299. The Kier molecular flexibility index (Phi) is 4.52. The molecule has 0 aromatic carbocycles. The lowest BCUT2D eigenvalue weighted by Crippen LogP contribution is -2.56. The Balaban J connectivity index is 2.84. The highest BCUT2D eigenvalue weighted by Crippen LogP contribution is 2.37. The maximum atomic E-state index is 13.0. The number of carbonyl (C=O) groups excluding carboxylic acids is 1. The zero-order valence-corrected chi connectivity index (χ0v) is 9.86. The van der Waals surface area contributed by atoms with Crippen LogP contribution in [0.4, 0.5) is 22.0 Å². The number of nitrogens with zero attached hydrogens (tertiary/aromatic N) is 1. The van der Waals surface area contributed by atoms with Gasteiger partial charge in [0.15, 0.2) is 0 Å². The molecule has 0 unspecified atom stereocenters. The molecule has 1 aliphatic rings. The molecule has 3 nitrogen and oxygen atoms in total. The smallest absolute Gasteiger partial charge is 0.334 e. The van der Waals surface area contributed by atoms with E-state index >= 15 is 0 Å². The summed E-state index contributed by atoms with van der Waals surface area (Å²) in [5.41, 5.74) is 0. The zero-order chi connectivity index (χ0) is 14.0. The molecule has 0 spiro atoms. The summed E-state index contributed by atoms with van der Waals surface area (Å²) in [6, 6.07) is -0.558. The van der Waals surface area contributed by atoms with Gasteiger partial charge in [0.25, 0.3) is 0 Å². The zero-order valence-electron chi connectivity index (χ0n) is 9.86. The fourth-order valence-corrected chi connectivity index (χ4v) is 1.99. The highest BCUT2D eigenvalue weighted by atomic mass is 19.4. The van der Waals surface area contributed by atoms with E-state index in [1.165, 1.54) is 6.92 Å². The predicted octanol–water partition coefficient (Wildman–Crippen LogP) is 1.78. The second-order valence-corrected chi connectivity index (χ2v) is 4.14. The van der Waals surface area contributed by atoms with Crippen LogP contribution in [0.2, 0.25) is 0 Å². The van der Waals surface area contributed by atoms with Crippen LogP contribution >= 0.6 is 0 Å². The molecular formula is C10H15F5N2O. The van der Waals surface area contributed by atoms with Crippen molar-refractivity contribution in [3.05, 3.63) is 0 Å². The monoisotopic (exact) mass is 274 g/mol. The van der Waals surface area contributed by atoms with Gasteiger partial charge in [-0.2, -0.15) is 22.0 Å². The van der Waals surface area contributed by atoms with Crippen LogP contribution in [-0.2, 0) is 4.79 Å². The molecular weight excluding hydrogens is 259 g/mol. The second kappa shape index (κ2) is 5.38. The Morgan fingerprint density at radius 3 is 2.11 bits per heavy atom. The lowest BCUT2D eigenvalue weighted by Gasteiger charge is -2.36. The van der Waals surface area contributed by atoms with Crippen molar-refractivity contribution < 1.29 is 26.7 Å². The van der Waals surface area contributed by atoms with Gasteiger partial charge in [0.1, 0.15) is 0 Å². The summed E-state index contributed by atoms with van der Waals surface area (Å²) in [5, 5.41) is 2.95. The third-order valence-corrected chi connectivity index (χ3v) is 2.98. The quantitative estimate of drug-likeness (QED) is 0.796. The summed E-state index contributed by atoms with van der Waals surface area (Å²) in [5.74, 6) is -7.46. The number of hydrogen-bond donors (Lipinski definition) is 1. The van der Waals surface area contributed by atoms with E-state index in [0.29, 0.717) is 30.8 Å². The van der Waals surface area contributed by atoms with Gasteiger partial charge >= 0.3 is 18.0 Å². The van der Waals surface area contributed by atoms with Crippen LogP contribution in [0.25, 0.3) is 0 Å². The first-order chi connectivity index (χ1) is 8.21. The van der Waals surface area contributed by atoms with E-state index in [1.807, 2.05) is 0 Å². The molecule has 1 N–H and O–H groups in total. The van der Waals surface area contributed by atoms with Crippen LogP contribution in [0, 0.1) is 0 Å². The molecule has 1 rings (SSSR count). The lowest BCUT2D eigenvalue weighted by molar-refractivity contribution is -0.275. The topological polar surface area (TPSA) is 32.3 Å². The highest BCUT2D eigenvalue weighted by molar-refractivity contribution is 5.84. The SMILES string of the molecule is CCN(C(=O)C(F)(F)C(F)(F)F)C1CCNCC1. The Morgan fingerprint density at radius 2 is 1.72 bits per heavy atom. The molecule has 0 bridgehead atoms. The summed E-state index contributed by atoms with van der Waals surface area (Å²) >= 11 is 0. The van der Waals surface area contributed by atoms with E-state index < -0.39 is 24.0 Å². The number of piperidine rings is 1. The molecule has 1 saturated heterocycles. The van der Waals surface area contributed by atoms with Gasteiger partial charge in [-0.3, -0.25) is 4.79 Å². The van der Waals surface area contributed by atoms with Crippen molar-refractivity contribution in [1.82, 2.24) is 10.2 Å². The normalized spacial score (nSPS) is 18.8. The number of nitrogens with one attached hydrogen (secondary N) is 1. The third kappa shape index (κ3) is 2.90. The summed E-state index contributed by atoms with van der Waals surface area (Å²) < 4.78 is 62.4. The van der Waals surface area contributed by atoms with E-state index in [0.717, 1.165) is 0 Å². The van der Waals surface area contributed by atoms with Crippen molar-refractivity contribution in [2.45, 2.75) is 37.9 Å². The molecule has 0 atom stereocenters. The standard InChI is InChI=1S/C10H15F5N2O/c1-2-17(7-3-5-16-6-4-7)8(18)9(11,12)10(13,14)15/h7,16H,2-6H2,1H3. The van der Waals surface area contributed by atoms with Crippen LogP contribution < -0.4 is 5.32 Å². The van der Waals surface area contributed by atoms with Crippen LogP contribution in [0.5, 0.6) is 0 Å². The van der Waals surface area contributed by atoms with Crippen LogP contribution in [0.1, 0.15) is 19.8 Å². The van der Waals surface area contributed by atoms with Crippen molar-refractivity contribution in [3.8, 4) is 0 Å². The minimum absolute atomic E-state index is 0.158. The van der Waals surface area contributed by atoms with Crippen molar-refractivity contribution in [3.63, 3.8) is 0 Å². The number of carbonyl (C=O) groups is 1. The molecule has 8 heteroatoms. The first kappa shape index (κ1) is 15.1. The van der Waals surface area contributed by atoms with Crippen molar-refractivity contribution >= 4 is 5.91 Å². The molecule has 0 saturated carbocycles. The molecule has 1 amide bonds. The summed E-state index contributed by atoms with van der Waals surface area (Å²) in [4.78, 5) is 12.0. The van der Waals surface area contributed by atoms with E-state index in [-0.39, 0.29) is 6.54 Å². The number of alkyl halides is 5. The molecule has 106 valence electrons. The van der Waals surface area contributed by atoms with Crippen molar-refractivity contribution in [1.29, 1.82) is 0 Å². The predicted molar refractivity (Wildman–Crippen MR) is 54.3 cm³/mol. The van der Waals surface area contributed by atoms with Gasteiger partial charge < -0.3 is 10.2 Å². The maximum Gasteiger partial charge on any atom is 0.463 e. The fraction of sp³-hybridized carbons (Fsp3) is 0.900. The van der Waals surface area contributed by atoms with Gasteiger partial charge in [0, 0.05) is 12.6 Å². The van der Waals surface area contributed by atoms with E-state index in [2.05, 4.69) is 5.32 Å². The Morgan fingerprint density at radius 1 is 1.22 bits per heavy atom. The highest BCUT2D eigenvalue weighted by Gasteiger charge is 2.64. The first-order valence-corrected chi connectivity index (χ1v) is 5.68. The average Bonchev–Trinajstić information content (AvgIpc) is 2.29. The average molecular weight is 274 g/mol. The summed E-state index contributed by atoms with van der Waals surface area (Å²) in [6.07, 6.45) is -5.08. The largest absolute Gasteiger partial charge is 0.463 e. The second-order valence-electron chi connectivity index (χ2n) is 4.14. The van der Waals surface area contributed by atoms with E-state index in [4.69, 9.17) is 0 Å². The Labute approximate surface area is 101 Å². The summed E-state index contributed by atoms with van der Waals surface area (Å²) in [7, 11) is 0. The van der Waals surface area contributed by atoms with Crippen molar-refractivity contribution in [2.24, 2.45) is 0 Å². The summed E-state index contributed by atoms with van der Waals surface area (Å²) in [6.45, 7) is 2.25. The van der Waals surface area contributed by atoms with Gasteiger partial charge in [0.2, 0.25) is 0 Å². The molecule has 1 fully saturated rings. The lowest BCUT2D eigenvalue weighted by atomic mass is 10.0. The molecule has 1 aliphatic heterocycles. The molecule has 18 heavy (non-hydrogen) atoms. The van der Waals surface area contributed by atoms with Gasteiger partial charge in [-0.15, -0.1) is 0 Å². The minimum Gasteiger partial charge on any atom is -0.334 e. The Hall–Kier alpha value is -0.920. The van der Waals surface area contributed by atoms with Crippen LogP contribution in [0.15, 0.2) is 0 Å². The minimum atomic E-state index is -5.84. The molecule has 0 aliphatic carbocycles. The third-order valence-electron chi connectivity index (χ3n) is 2.98. The molecule has 0 aromatic rings. The number of amides is 1. The van der Waals surface area contributed by atoms with Crippen LogP contribution in [-0.4, -0.2) is 48.6 Å². The number of rotatable bonds is 3. The van der Waals surface area contributed by atoms with E-state index in [1.54, 1.807) is 0 Å². The molecule has 0 radical (unpaired) electrons. The first-order valence-electron chi connectivity index (χ1n) is 5.68. The van der Waals surface area contributed by atoms with Gasteiger partial charge in [-0.05, 0) is 32.9 Å². The number of halogens is 5.